The summed E-state index contributed by atoms with van der Waals surface area (Å²) in [7, 11) is 0. The second-order valence-corrected chi connectivity index (χ2v) is 5.41. The van der Waals surface area contributed by atoms with E-state index in [9.17, 15) is 0 Å². The highest BCUT2D eigenvalue weighted by Gasteiger charge is 2.08. The Morgan fingerprint density at radius 3 is 2.53 bits per heavy atom. The van der Waals surface area contributed by atoms with Crippen molar-refractivity contribution in [3.8, 4) is 5.75 Å². The zero-order valence-electron chi connectivity index (χ0n) is 13.1. The van der Waals surface area contributed by atoms with Crippen molar-refractivity contribution < 1.29 is 4.74 Å². The van der Waals surface area contributed by atoms with Crippen LogP contribution in [0.1, 0.15) is 50.3 Å². The van der Waals surface area contributed by atoms with Crippen molar-refractivity contribution in [2.45, 2.75) is 53.9 Å². The summed E-state index contributed by atoms with van der Waals surface area (Å²) in [5.74, 6) is 1.64. The third-order valence-electron chi connectivity index (χ3n) is 3.34. The zero-order valence-corrected chi connectivity index (χ0v) is 13.1. The molecule has 0 N–H and O–H groups in total. The average Bonchev–Trinajstić information content (AvgIpc) is 2.38. The van der Waals surface area contributed by atoms with Crippen molar-refractivity contribution in [2.75, 3.05) is 6.61 Å². The van der Waals surface area contributed by atoms with Gasteiger partial charge in [0.25, 0.3) is 0 Å². The molecule has 0 aliphatic carbocycles. The molecule has 1 nitrogen and oxygen atoms in total. The summed E-state index contributed by atoms with van der Waals surface area (Å²) in [4.78, 5) is 0. The smallest absolute Gasteiger partial charge is 0.122 e. The fraction of sp³-hybridized carbons (Fsp3) is 0.556. The lowest BCUT2D eigenvalue weighted by Gasteiger charge is -2.14. The van der Waals surface area contributed by atoms with Crippen LogP contribution in [-0.4, -0.2) is 6.61 Å². The molecular formula is C18H28O. The van der Waals surface area contributed by atoms with Crippen LogP contribution in [0, 0.1) is 19.8 Å². The second-order valence-electron chi connectivity index (χ2n) is 5.41. The van der Waals surface area contributed by atoms with Crippen LogP contribution in [0.3, 0.4) is 0 Å². The van der Waals surface area contributed by atoms with Gasteiger partial charge in [0.2, 0.25) is 0 Å². The molecule has 1 rings (SSSR count). The van der Waals surface area contributed by atoms with Crippen molar-refractivity contribution >= 4 is 0 Å². The van der Waals surface area contributed by atoms with E-state index in [2.05, 4.69) is 58.9 Å². The minimum absolute atomic E-state index is 0.598. The molecule has 1 aromatic rings. The van der Waals surface area contributed by atoms with E-state index in [1.165, 1.54) is 16.7 Å². The standard InChI is InChI=1S/C18H28O/c1-6-8-9-14(3)11-17-12-16(5)18(13-15(17)4)19-10-7-2/h8-9,12-14H,6-7,10-11H2,1-5H3/b9-8-. The van der Waals surface area contributed by atoms with E-state index < -0.39 is 0 Å². The van der Waals surface area contributed by atoms with E-state index in [0.29, 0.717) is 5.92 Å². The van der Waals surface area contributed by atoms with Crippen molar-refractivity contribution in [3.63, 3.8) is 0 Å². The SMILES string of the molecule is CC/C=C\C(C)Cc1cc(C)c(OCCC)cc1C. The summed E-state index contributed by atoms with van der Waals surface area (Å²) in [6, 6.07) is 4.48. The third-order valence-corrected chi connectivity index (χ3v) is 3.34. The minimum Gasteiger partial charge on any atom is -0.493 e. The highest BCUT2D eigenvalue weighted by atomic mass is 16.5. The van der Waals surface area contributed by atoms with Gasteiger partial charge >= 0.3 is 0 Å². The van der Waals surface area contributed by atoms with Gasteiger partial charge < -0.3 is 4.74 Å². The van der Waals surface area contributed by atoms with Crippen molar-refractivity contribution in [2.24, 2.45) is 5.92 Å². The summed E-state index contributed by atoms with van der Waals surface area (Å²) >= 11 is 0. The van der Waals surface area contributed by atoms with E-state index in [1.807, 2.05) is 0 Å². The number of hydrogen-bond donors (Lipinski definition) is 0. The topological polar surface area (TPSA) is 9.23 Å². The fourth-order valence-electron chi connectivity index (χ4n) is 2.22. The van der Waals surface area contributed by atoms with Crippen LogP contribution >= 0.6 is 0 Å². The molecule has 1 unspecified atom stereocenters. The first kappa shape index (κ1) is 15.8. The van der Waals surface area contributed by atoms with Crippen LogP contribution in [0.15, 0.2) is 24.3 Å². The van der Waals surface area contributed by atoms with Crippen LogP contribution in [0.4, 0.5) is 0 Å². The predicted octanol–water partition coefficient (Wildman–Crippen LogP) is 5.24. The Balaban J connectivity index is 2.80. The minimum atomic E-state index is 0.598. The largest absolute Gasteiger partial charge is 0.493 e. The highest BCUT2D eigenvalue weighted by Crippen LogP contribution is 2.25. The molecule has 1 atom stereocenters. The molecule has 0 fully saturated rings. The van der Waals surface area contributed by atoms with Crippen LogP contribution in [-0.2, 0) is 6.42 Å². The van der Waals surface area contributed by atoms with Crippen LogP contribution in [0.25, 0.3) is 0 Å². The average molecular weight is 260 g/mol. The number of benzene rings is 1. The van der Waals surface area contributed by atoms with E-state index in [1.54, 1.807) is 0 Å². The molecule has 1 aromatic carbocycles. The Labute approximate surface area is 118 Å². The van der Waals surface area contributed by atoms with E-state index in [4.69, 9.17) is 4.74 Å². The van der Waals surface area contributed by atoms with Crippen molar-refractivity contribution in [1.29, 1.82) is 0 Å². The van der Waals surface area contributed by atoms with Gasteiger partial charge in [-0.25, -0.2) is 0 Å². The molecule has 0 aliphatic heterocycles. The Kier molecular flexibility index (Phi) is 6.69. The van der Waals surface area contributed by atoms with Gasteiger partial charge in [-0.15, -0.1) is 0 Å². The maximum atomic E-state index is 5.78. The molecule has 0 saturated carbocycles. The van der Waals surface area contributed by atoms with Crippen molar-refractivity contribution in [1.82, 2.24) is 0 Å². The lowest BCUT2D eigenvalue weighted by molar-refractivity contribution is 0.315. The van der Waals surface area contributed by atoms with Gasteiger partial charge in [0.05, 0.1) is 6.61 Å². The Morgan fingerprint density at radius 1 is 1.16 bits per heavy atom. The number of ether oxygens (including phenoxy) is 1. The third kappa shape index (κ3) is 5.10. The normalized spacial score (nSPS) is 12.9. The predicted molar refractivity (Wildman–Crippen MR) is 84.0 cm³/mol. The first-order valence-electron chi connectivity index (χ1n) is 7.48. The van der Waals surface area contributed by atoms with Gasteiger partial charge in [0, 0.05) is 0 Å². The van der Waals surface area contributed by atoms with Gasteiger partial charge in [0.15, 0.2) is 0 Å². The summed E-state index contributed by atoms with van der Waals surface area (Å²) < 4.78 is 5.78. The maximum absolute atomic E-state index is 5.78. The van der Waals surface area contributed by atoms with Gasteiger partial charge in [-0.2, -0.15) is 0 Å². The van der Waals surface area contributed by atoms with Gasteiger partial charge in [0.1, 0.15) is 5.75 Å². The molecule has 0 saturated heterocycles. The molecule has 106 valence electrons. The van der Waals surface area contributed by atoms with Gasteiger partial charge in [-0.05, 0) is 61.8 Å². The molecular weight excluding hydrogens is 232 g/mol. The molecule has 1 heteroatoms. The molecule has 0 bridgehead atoms. The Bertz CT molecular complexity index is 418. The molecule has 0 radical (unpaired) electrons. The van der Waals surface area contributed by atoms with E-state index in [0.717, 1.165) is 31.6 Å². The molecule has 0 heterocycles. The summed E-state index contributed by atoms with van der Waals surface area (Å²) in [6.45, 7) is 11.7. The summed E-state index contributed by atoms with van der Waals surface area (Å²) in [6.07, 6.45) is 7.85. The first-order valence-corrected chi connectivity index (χ1v) is 7.48. The number of aryl methyl sites for hydroxylation is 2. The van der Waals surface area contributed by atoms with Crippen LogP contribution in [0.2, 0.25) is 0 Å². The molecule has 19 heavy (non-hydrogen) atoms. The highest BCUT2D eigenvalue weighted by molar-refractivity contribution is 5.41. The number of hydrogen-bond acceptors (Lipinski definition) is 1. The number of rotatable bonds is 7. The van der Waals surface area contributed by atoms with Crippen molar-refractivity contribution in [3.05, 3.63) is 41.0 Å². The molecule has 0 aliphatic rings. The quantitative estimate of drug-likeness (QED) is 0.609. The van der Waals surface area contributed by atoms with Crippen LogP contribution < -0.4 is 4.74 Å². The maximum Gasteiger partial charge on any atom is 0.122 e. The lowest BCUT2D eigenvalue weighted by atomic mass is 9.95. The van der Waals surface area contributed by atoms with Crippen LogP contribution in [0.5, 0.6) is 5.75 Å². The molecule has 0 amide bonds. The monoisotopic (exact) mass is 260 g/mol. The Hall–Kier alpha value is -1.24. The second kappa shape index (κ2) is 8.04. The van der Waals surface area contributed by atoms with E-state index >= 15 is 0 Å². The fourth-order valence-corrected chi connectivity index (χ4v) is 2.22. The van der Waals surface area contributed by atoms with Gasteiger partial charge in [-0.3, -0.25) is 0 Å². The van der Waals surface area contributed by atoms with E-state index in [-0.39, 0.29) is 0 Å². The molecule has 0 aromatic heterocycles. The Morgan fingerprint density at radius 2 is 1.89 bits per heavy atom. The molecule has 0 spiro atoms. The summed E-state index contributed by atoms with van der Waals surface area (Å²) in [5, 5.41) is 0. The van der Waals surface area contributed by atoms with Gasteiger partial charge in [-0.1, -0.05) is 39.0 Å². The number of allylic oxidation sites excluding steroid dienone is 2. The first-order chi connectivity index (χ1) is 9.08. The summed E-state index contributed by atoms with van der Waals surface area (Å²) in [5.41, 5.74) is 4.03. The lowest BCUT2D eigenvalue weighted by Crippen LogP contribution is -2.02. The zero-order chi connectivity index (χ0) is 14.3.